The van der Waals surface area contributed by atoms with Gasteiger partial charge in [0.2, 0.25) is 0 Å². The molecule has 0 bridgehead atoms. The van der Waals surface area contributed by atoms with Crippen LogP contribution in [0, 0.1) is 5.92 Å². The molecule has 0 aromatic heterocycles. The molecule has 0 amide bonds. The van der Waals surface area contributed by atoms with E-state index >= 15 is 0 Å². The van der Waals surface area contributed by atoms with Crippen LogP contribution >= 0.6 is 0 Å². The number of halogens is 6. The van der Waals surface area contributed by atoms with Gasteiger partial charge in [-0.05, 0) is 18.2 Å². The number of ether oxygens (including phenoxy) is 2. The van der Waals surface area contributed by atoms with Crippen molar-refractivity contribution in [2.24, 2.45) is 0 Å². The van der Waals surface area contributed by atoms with Crippen molar-refractivity contribution in [2.45, 2.75) is 26.6 Å². The largest absolute Gasteiger partial charge is 0.573 e. The zero-order valence-corrected chi connectivity index (χ0v) is 9.82. The molecule has 0 saturated carbocycles. The third-order valence-electron chi connectivity index (χ3n) is 1.95. The number of rotatable bonds is 3. The van der Waals surface area contributed by atoms with Gasteiger partial charge < -0.3 is 9.47 Å². The fourth-order valence-corrected chi connectivity index (χ4v) is 1.31. The van der Waals surface area contributed by atoms with Gasteiger partial charge in [-0.1, -0.05) is 13.8 Å². The monoisotopic (exact) mass is 287 g/mol. The van der Waals surface area contributed by atoms with Gasteiger partial charge in [0, 0.05) is 11.5 Å². The second kappa shape index (κ2) is 5.18. The lowest BCUT2D eigenvalue weighted by molar-refractivity contribution is -0.277. The second-order valence-electron chi connectivity index (χ2n) is 3.75. The molecule has 2 nitrogen and oxygen atoms in total. The first-order chi connectivity index (χ1) is 8.48. The van der Waals surface area contributed by atoms with Gasteiger partial charge in [-0.15, -0.1) is 26.3 Å². The molecule has 0 aliphatic carbocycles. The Morgan fingerprint density at radius 2 is 1.42 bits per heavy atom. The average molecular weight is 287 g/mol. The fraction of sp³-hybridized carbons (Fsp3) is 0.364. The molecule has 0 atom stereocenters. The summed E-state index contributed by atoms with van der Waals surface area (Å²) in [5, 5.41) is 0. The van der Waals surface area contributed by atoms with Crippen LogP contribution < -0.4 is 9.47 Å². The van der Waals surface area contributed by atoms with E-state index in [0.29, 0.717) is 5.92 Å². The predicted octanol–water partition coefficient (Wildman–Crippen LogP) is 4.45. The van der Waals surface area contributed by atoms with Gasteiger partial charge in [-0.2, -0.15) is 0 Å². The summed E-state index contributed by atoms with van der Waals surface area (Å²) in [4.78, 5) is 0. The standard InChI is InChI=1S/C11H9F6O2/c1-6(2)8-5-7(18-10(12,13)14)3-4-9(8)19-11(15,16)17/h3-5H,1-2H3. The molecule has 8 heteroatoms. The van der Waals surface area contributed by atoms with Crippen LogP contribution in [0.3, 0.4) is 0 Å². The van der Waals surface area contributed by atoms with Gasteiger partial charge in [0.25, 0.3) is 0 Å². The molecule has 1 rings (SSSR count). The average Bonchev–Trinajstić information content (AvgIpc) is 2.15. The molecule has 0 heterocycles. The molecular formula is C11H9F6O2. The summed E-state index contributed by atoms with van der Waals surface area (Å²) in [6.07, 6.45) is -9.83. The summed E-state index contributed by atoms with van der Waals surface area (Å²) in [5.41, 5.74) is -0.112. The summed E-state index contributed by atoms with van der Waals surface area (Å²) in [6.45, 7) is 2.88. The van der Waals surface area contributed by atoms with E-state index in [1.807, 2.05) is 0 Å². The minimum atomic E-state index is -4.92. The first-order valence-corrected chi connectivity index (χ1v) is 4.94. The van der Waals surface area contributed by atoms with E-state index in [9.17, 15) is 26.3 Å². The van der Waals surface area contributed by atoms with E-state index in [4.69, 9.17) is 0 Å². The lowest BCUT2D eigenvalue weighted by atomic mass is 10.0. The van der Waals surface area contributed by atoms with Crippen molar-refractivity contribution in [1.82, 2.24) is 0 Å². The van der Waals surface area contributed by atoms with E-state index in [1.165, 1.54) is 13.8 Å². The van der Waals surface area contributed by atoms with E-state index < -0.39 is 24.2 Å². The molecule has 0 aliphatic heterocycles. The molecule has 0 unspecified atom stereocenters. The third kappa shape index (κ3) is 5.27. The van der Waals surface area contributed by atoms with Gasteiger partial charge >= 0.3 is 12.7 Å². The van der Waals surface area contributed by atoms with Crippen molar-refractivity contribution in [1.29, 1.82) is 0 Å². The van der Waals surface area contributed by atoms with Gasteiger partial charge in [-0.25, -0.2) is 0 Å². The molecular weight excluding hydrogens is 278 g/mol. The van der Waals surface area contributed by atoms with Crippen LogP contribution in [0.5, 0.6) is 11.5 Å². The molecule has 0 N–H and O–H groups in total. The Hall–Kier alpha value is -1.60. The molecule has 19 heavy (non-hydrogen) atoms. The highest BCUT2D eigenvalue weighted by molar-refractivity contribution is 5.47. The molecule has 1 aromatic rings. The first-order valence-electron chi connectivity index (χ1n) is 4.94. The van der Waals surface area contributed by atoms with Crippen LogP contribution in [-0.4, -0.2) is 12.7 Å². The van der Waals surface area contributed by atoms with Gasteiger partial charge in [0.1, 0.15) is 11.5 Å². The molecule has 0 saturated heterocycles. The van der Waals surface area contributed by atoms with Crippen molar-refractivity contribution in [2.75, 3.05) is 0 Å². The summed E-state index contributed by atoms with van der Waals surface area (Å²) in [7, 11) is 0. The Bertz CT molecular complexity index is 436. The number of alkyl halides is 6. The maximum atomic E-state index is 12.1. The highest BCUT2D eigenvalue weighted by atomic mass is 19.4. The van der Waals surface area contributed by atoms with Gasteiger partial charge in [-0.3, -0.25) is 0 Å². The van der Waals surface area contributed by atoms with Gasteiger partial charge in [0.05, 0.1) is 0 Å². The van der Waals surface area contributed by atoms with Crippen molar-refractivity contribution < 1.29 is 35.8 Å². The van der Waals surface area contributed by atoms with Crippen molar-refractivity contribution in [3.8, 4) is 11.5 Å². The Morgan fingerprint density at radius 3 is 1.84 bits per heavy atom. The van der Waals surface area contributed by atoms with Crippen LogP contribution in [0.2, 0.25) is 0 Å². The van der Waals surface area contributed by atoms with Gasteiger partial charge in [0.15, 0.2) is 0 Å². The number of hydrogen-bond donors (Lipinski definition) is 0. The zero-order chi connectivity index (χ0) is 14.8. The molecule has 1 aromatic carbocycles. The fourth-order valence-electron chi connectivity index (χ4n) is 1.31. The Balaban J connectivity index is 3.08. The van der Waals surface area contributed by atoms with Crippen molar-refractivity contribution >= 4 is 0 Å². The van der Waals surface area contributed by atoms with Crippen molar-refractivity contribution in [3.63, 3.8) is 0 Å². The number of hydrogen-bond acceptors (Lipinski definition) is 2. The summed E-state index contributed by atoms with van der Waals surface area (Å²) in [6, 6.07) is 2.36. The third-order valence-corrected chi connectivity index (χ3v) is 1.95. The predicted molar refractivity (Wildman–Crippen MR) is 53.5 cm³/mol. The molecule has 0 aliphatic rings. The topological polar surface area (TPSA) is 18.5 Å². The Kier molecular flexibility index (Phi) is 4.21. The quantitative estimate of drug-likeness (QED) is 0.765. The zero-order valence-electron chi connectivity index (χ0n) is 9.82. The van der Waals surface area contributed by atoms with Crippen LogP contribution in [0.4, 0.5) is 26.3 Å². The van der Waals surface area contributed by atoms with E-state index in [1.54, 1.807) is 0 Å². The first kappa shape index (κ1) is 15.5. The summed E-state index contributed by atoms with van der Waals surface area (Å²) in [5.74, 6) is -0.841. The lowest BCUT2D eigenvalue weighted by Gasteiger charge is -2.17. The molecule has 107 valence electrons. The van der Waals surface area contributed by atoms with E-state index in [-0.39, 0.29) is 5.56 Å². The van der Waals surface area contributed by atoms with E-state index in [0.717, 1.165) is 18.2 Å². The molecule has 0 fully saturated rings. The van der Waals surface area contributed by atoms with Crippen LogP contribution in [0.15, 0.2) is 18.2 Å². The molecule has 0 spiro atoms. The highest BCUT2D eigenvalue weighted by Crippen LogP contribution is 2.35. The summed E-state index contributed by atoms with van der Waals surface area (Å²) < 4.78 is 79.7. The normalized spacial score (nSPS) is 12.7. The second-order valence-corrected chi connectivity index (χ2v) is 3.75. The highest BCUT2D eigenvalue weighted by Gasteiger charge is 2.34. The number of benzene rings is 1. The smallest absolute Gasteiger partial charge is 0.406 e. The minimum Gasteiger partial charge on any atom is -0.406 e. The Labute approximate surface area is 104 Å². The lowest BCUT2D eigenvalue weighted by Crippen LogP contribution is -2.19. The SMILES string of the molecule is C[C](C)c1cc(OC(F)(F)F)ccc1OC(F)(F)F. The maximum absolute atomic E-state index is 12.1. The van der Waals surface area contributed by atoms with Crippen LogP contribution in [-0.2, 0) is 0 Å². The van der Waals surface area contributed by atoms with Crippen LogP contribution in [0.25, 0.3) is 0 Å². The van der Waals surface area contributed by atoms with E-state index in [2.05, 4.69) is 9.47 Å². The van der Waals surface area contributed by atoms with Crippen molar-refractivity contribution in [3.05, 3.63) is 29.7 Å². The molecule has 1 radical (unpaired) electrons. The summed E-state index contributed by atoms with van der Waals surface area (Å²) >= 11 is 0. The maximum Gasteiger partial charge on any atom is 0.573 e. The Morgan fingerprint density at radius 1 is 0.895 bits per heavy atom. The minimum absolute atomic E-state index is 0.112. The van der Waals surface area contributed by atoms with Crippen LogP contribution in [0.1, 0.15) is 19.4 Å².